The Bertz CT molecular complexity index is 571. The Morgan fingerprint density at radius 2 is 1.90 bits per heavy atom. The summed E-state index contributed by atoms with van der Waals surface area (Å²) in [5.41, 5.74) is 6.66. The first-order chi connectivity index (χ1) is 10.3. The van der Waals surface area contributed by atoms with Gasteiger partial charge < -0.3 is 0 Å². The van der Waals surface area contributed by atoms with Crippen molar-refractivity contribution in [3.05, 3.63) is 66.3 Å². The fourth-order valence-corrected chi connectivity index (χ4v) is 9.88. The van der Waals surface area contributed by atoms with E-state index in [9.17, 15) is 0 Å². The molecule has 108 valence electrons. The maximum atomic E-state index is 4.02. The summed E-state index contributed by atoms with van der Waals surface area (Å²) in [6.07, 6.45) is 8.44. The molecule has 0 bridgehead atoms. The Labute approximate surface area is 137 Å². The van der Waals surface area contributed by atoms with Crippen molar-refractivity contribution in [3.63, 3.8) is 0 Å². The predicted octanol–water partition coefficient (Wildman–Crippen LogP) is 6.36. The second-order valence-electron chi connectivity index (χ2n) is 6.55. The van der Waals surface area contributed by atoms with Crippen LogP contribution in [0.4, 0.5) is 0 Å². The summed E-state index contributed by atoms with van der Waals surface area (Å²) in [7, 11) is 0. The molecule has 0 N–H and O–H groups in total. The van der Waals surface area contributed by atoms with Gasteiger partial charge in [-0.15, -0.1) is 0 Å². The van der Waals surface area contributed by atoms with E-state index >= 15 is 0 Å². The van der Waals surface area contributed by atoms with Crippen LogP contribution >= 0.6 is 0 Å². The van der Waals surface area contributed by atoms with Crippen LogP contribution in [-0.2, 0) is 21.4 Å². The van der Waals surface area contributed by atoms with E-state index in [-0.39, 0.29) is 0 Å². The van der Waals surface area contributed by atoms with Crippen LogP contribution in [0.2, 0.25) is 12.0 Å². The van der Waals surface area contributed by atoms with Gasteiger partial charge in [0.05, 0.1) is 0 Å². The molecule has 2 aliphatic rings. The van der Waals surface area contributed by atoms with E-state index in [1.165, 1.54) is 27.6 Å². The Kier molecular flexibility index (Phi) is 4.78. The number of hydrogen-bond acceptors (Lipinski definition) is 0. The molecule has 0 aliphatic heterocycles. The van der Waals surface area contributed by atoms with Crippen LogP contribution in [0.25, 0.3) is 5.57 Å². The van der Waals surface area contributed by atoms with E-state index in [0.717, 1.165) is 3.67 Å². The monoisotopic (exact) mass is 310 g/mol. The van der Waals surface area contributed by atoms with Gasteiger partial charge in [0.25, 0.3) is 0 Å². The van der Waals surface area contributed by atoms with Crippen molar-refractivity contribution in [1.82, 2.24) is 0 Å². The molecule has 2 aliphatic carbocycles. The Morgan fingerprint density at radius 3 is 2.62 bits per heavy atom. The van der Waals surface area contributed by atoms with E-state index in [0.29, 0.717) is 5.92 Å². The summed E-state index contributed by atoms with van der Waals surface area (Å²) in [4.78, 5) is 0. The van der Waals surface area contributed by atoms with Crippen molar-refractivity contribution < 1.29 is 21.4 Å². The SMILES string of the molecule is C=C[CH2][Sc]([CH2]C=C)[CH]1CCCC2=C1C(C)c1ccccc12. The van der Waals surface area contributed by atoms with Crippen LogP contribution in [0.15, 0.2) is 55.1 Å². The van der Waals surface area contributed by atoms with Crippen molar-refractivity contribution in [3.8, 4) is 0 Å². The number of rotatable bonds is 5. The molecule has 0 saturated heterocycles. The van der Waals surface area contributed by atoms with Gasteiger partial charge in [0, 0.05) is 0 Å². The molecule has 0 radical (unpaired) electrons. The molecule has 2 unspecified atom stereocenters. The molecule has 0 aromatic heterocycles. The Hall–Kier alpha value is -0.690. The Balaban J connectivity index is 2.00. The summed E-state index contributed by atoms with van der Waals surface area (Å²) in [5, 5.41) is 0. The average molecular weight is 310 g/mol. The second-order valence-corrected chi connectivity index (χ2v) is 11.7. The van der Waals surface area contributed by atoms with Crippen molar-refractivity contribution in [2.45, 2.75) is 44.1 Å². The third-order valence-corrected chi connectivity index (χ3v) is 11.2. The van der Waals surface area contributed by atoms with Crippen molar-refractivity contribution in [2.24, 2.45) is 0 Å². The Morgan fingerprint density at radius 1 is 1.19 bits per heavy atom. The zero-order chi connectivity index (χ0) is 14.8. The number of benzene rings is 1. The third-order valence-electron chi connectivity index (χ3n) is 5.42. The maximum absolute atomic E-state index is 4.02. The number of hydrogen-bond donors (Lipinski definition) is 0. The van der Waals surface area contributed by atoms with Crippen LogP contribution in [0, 0.1) is 0 Å². The molecule has 1 aromatic carbocycles. The molecule has 2 atom stereocenters. The molecule has 1 aromatic rings. The van der Waals surface area contributed by atoms with Gasteiger partial charge in [-0.1, -0.05) is 0 Å². The topological polar surface area (TPSA) is 0 Å². The van der Waals surface area contributed by atoms with E-state index in [4.69, 9.17) is 0 Å². The van der Waals surface area contributed by atoms with Crippen LogP contribution in [0.5, 0.6) is 0 Å². The van der Waals surface area contributed by atoms with Gasteiger partial charge in [-0.3, -0.25) is 0 Å². The molecular formula is C20H25Sc. The number of fused-ring (bicyclic) bond motifs is 2. The van der Waals surface area contributed by atoms with Crippen LogP contribution in [0.3, 0.4) is 0 Å². The zero-order valence-corrected chi connectivity index (χ0v) is 14.9. The van der Waals surface area contributed by atoms with Crippen LogP contribution in [-0.4, -0.2) is 0 Å². The first-order valence-electron chi connectivity index (χ1n) is 8.32. The van der Waals surface area contributed by atoms with Gasteiger partial charge in [-0.25, -0.2) is 0 Å². The summed E-state index contributed by atoms with van der Waals surface area (Å²) >= 11 is -1.39. The van der Waals surface area contributed by atoms with Crippen molar-refractivity contribution in [1.29, 1.82) is 0 Å². The predicted molar refractivity (Wildman–Crippen MR) is 89.4 cm³/mol. The molecule has 21 heavy (non-hydrogen) atoms. The molecule has 1 heteroatoms. The third kappa shape index (κ3) is 2.70. The minimum atomic E-state index is -1.39. The minimum absolute atomic E-state index is 0.643. The molecule has 0 amide bonds. The number of allylic oxidation sites excluding steroid dienone is 4. The van der Waals surface area contributed by atoms with E-state index < -0.39 is 21.4 Å². The van der Waals surface area contributed by atoms with E-state index in [1.54, 1.807) is 16.7 Å². The van der Waals surface area contributed by atoms with Crippen LogP contribution in [0.1, 0.15) is 43.2 Å². The van der Waals surface area contributed by atoms with Crippen molar-refractivity contribution in [2.75, 3.05) is 0 Å². The summed E-state index contributed by atoms with van der Waals surface area (Å²) in [5.74, 6) is 0.643. The molecule has 0 nitrogen and oxygen atoms in total. The standard InChI is InChI=1S/C14H15.2C3H5.Sc/c1-10-11-6-2-4-8-13(11)14-9-5-3-7-12(10)14;2*1-3-2;/h2,4,6-8,10H,3,5,9H2,1H3;2*3H,1-2H2;. The average Bonchev–Trinajstić information content (AvgIpc) is 2.81. The molecule has 3 rings (SSSR count). The van der Waals surface area contributed by atoms with Gasteiger partial charge >= 0.3 is 137 Å². The van der Waals surface area contributed by atoms with Gasteiger partial charge in [-0.05, 0) is 0 Å². The van der Waals surface area contributed by atoms with Gasteiger partial charge in [0.2, 0.25) is 0 Å². The zero-order valence-electron chi connectivity index (χ0n) is 13.1. The van der Waals surface area contributed by atoms with Crippen LogP contribution < -0.4 is 0 Å². The summed E-state index contributed by atoms with van der Waals surface area (Å²) < 4.78 is 3.49. The fraction of sp³-hybridized carbons (Fsp3) is 0.400. The second kappa shape index (κ2) is 6.60. The summed E-state index contributed by atoms with van der Waals surface area (Å²) in [6, 6.07) is 9.10. The molecule has 0 fully saturated rings. The van der Waals surface area contributed by atoms with E-state index in [1.807, 2.05) is 5.57 Å². The van der Waals surface area contributed by atoms with Gasteiger partial charge in [0.15, 0.2) is 0 Å². The van der Waals surface area contributed by atoms with Gasteiger partial charge in [0.1, 0.15) is 0 Å². The summed E-state index contributed by atoms with van der Waals surface area (Å²) in [6.45, 7) is 10.5. The molecule has 0 heterocycles. The quantitative estimate of drug-likeness (QED) is 0.555. The first-order valence-corrected chi connectivity index (χ1v) is 11.9. The molecule has 0 saturated carbocycles. The van der Waals surface area contributed by atoms with E-state index in [2.05, 4.69) is 56.5 Å². The fourth-order valence-electron chi connectivity index (χ4n) is 4.55. The molecule has 0 spiro atoms. The van der Waals surface area contributed by atoms with Crippen molar-refractivity contribution >= 4 is 5.57 Å². The first kappa shape index (κ1) is 15.2. The molecular weight excluding hydrogens is 285 g/mol. The normalized spacial score (nSPS) is 23.5. The van der Waals surface area contributed by atoms with Gasteiger partial charge in [-0.2, -0.15) is 0 Å².